The Bertz CT molecular complexity index is 638. The van der Waals surface area contributed by atoms with Crippen LogP contribution < -0.4 is 10.2 Å². The van der Waals surface area contributed by atoms with Gasteiger partial charge in [0, 0.05) is 23.1 Å². The summed E-state index contributed by atoms with van der Waals surface area (Å²) in [7, 11) is 0. The first kappa shape index (κ1) is 16.8. The molecule has 130 valence electrons. The van der Waals surface area contributed by atoms with Crippen LogP contribution in [0, 0.1) is 5.41 Å². The van der Waals surface area contributed by atoms with Crippen LogP contribution in [0.1, 0.15) is 54.9 Å². The number of fused-ring (bicyclic) bond motifs is 1. The molecule has 1 aliphatic carbocycles. The average molecular weight is 332 g/mol. The first-order chi connectivity index (χ1) is 11.5. The second kappa shape index (κ2) is 6.81. The summed E-state index contributed by atoms with van der Waals surface area (Å²) >= 11 is 0. The number of carbonyl (C=O) groups excluding carboxylic acids is 2. The fourth-order valence-electron chi connectivity index (χ4n) is 3.68. The van der Waals surface area contributed by atoms with Crippen molar-refractivity contribution in [2.24, 2.45) is 5.41 Å². The number of hydrogen-bond donors (Lipinski definition) is 2. The molecule has 0 aromatic heterocycles. The monoisotopic (exact) mass is 332 g/mol. The molecule has 0 saturated heterocycles. The van der Waals surface area contributed by atoms with E-state index < -0.39 is 5.91 Å². The third-order valence-electron chi connectivity index (χ3n) is 5.17. The molecular formula is C18H24N2O4. The Labute approximate surface area is 141 Å². The minimum atomic E-state index is -0.576. The van der Waals surface area contributed by atoms with Gasteiger partial charge in [0.1, 0.15) is 12.4 Å². The fraction of sp³-hybridized carbons (Fsp3) is 0.556. The Balaban J connectivity index is 1.79. The van der Waals surface area contributed by atoms with Crippen molar-refractivity contribution in [1.82, 2.24) is 10.4 Å². The molecule has 0 atom stereocenters. The van der Waals surface area contributed by atoms with Gasteiger partial charge in [-0.05, 0) is 25.0 Å². The summed E-state index contributed by atoms with van der Waals surface area (Å²) in [5.74, 6) is 0.226. The minimum Gasteiger partial charge on any atom is -0.491 e. The van der Waals surface area contributed by atoms with Gasteiger partial charge in [0.2, 0.25) is 5.91 Å². The molecule has 1 saturated carbocycles. The van der Waals surface area contributed by atoms with Gasteiger partial charge < -0.3 is 9.64 Å². The van der Waals surface area contributed by atoms with Crippen LogP contribution in [0.5, 0.6) is 5.75 Å². The number of rotatable bonds is 2. The van der Waals surface area contributed by atoms with Gasteiger partial charge in [-0.1, -0.05) is 32.3 Å². The molecule has 1 aromatic rings. The number of amides is 2. The van der Waals surface area contributed by atoms with E-state index in [2.05, 4.69) is 6.92 Å². The first-order valence-electron chi connectivity index (χ1n) is 8.53. The zero-order chi connectivity index (χ0) is 17.2. The van der Waals surface area contributed by atoms with Gasteiger partial charge in [0.25, 0.3) is 5.91 Å². The quantitative estimate of drug-likeness (QED) is 0.644. The summed E-state index contributed by atoms with van der Waals surface area (Å²) in [6, 6.07) is 5.02. The Morgan fingerprint density at radius 2 is 2.00 bits per heavy atom. The molecule has 3 rings (SSSR count). The third-order valence-corrected chi connectivity index (χ3v) is 5.17. The van der Waals surface area contributed by atoms with E-state index in [0.29, 0.717) is 31.0 Å². The summed E-state index contributed by atoms with van der Waals surface area (Å²) < 4.78 is 5.73. The highest BCUT2D eigenvalue weighted by molar-refractivity contribution is 5.93. The van der Waals surface area contributed by atoms with Crippen molar-refractivity contribution < 1.29 is 19.5 Å². The van der Waals surface area contributed by atoms with E-state index in [1.807, 2.05) is 4.90 Å². The van der Waals surface area contributed by atoms with E-state index in [9.17, 15) is 9.59 Å². The van der Waals surface area contributed by atoms with Crippen molar-refractivity contribution in [1.29, 1.82) is 0 Å². The molecule has 6 nitrogen and oxygen atoms in total. The molecule has 24 heavy (non-hydrogen) atoms. The Morgan fingerprint density at radius 1 is 1.25 bits per heavy atom. The van der Waals surface area contributed by atoms with Crippen LogP contribution >= 0.6 is 0 Å². The number of benzene rings is 1. The smallest absolute Gasteiger partial charge is 0.274 e. The maximum Gasteiger partial charge on any atom is 0.274 e. The summed E-state index contributed by atoms with van der Waals surface area (Å²) in [4.78, 5) is 26.4. The molecule has 6 heteroatoms. The molecule has 0 radical (unpaired) electrons. The largest absolute Gasteiger partial charge is 0.491 e. The predicted molar refractivity (Wildman–Crippen MR) is 87.8 cm³/mol. The molecular weight excluding hydrogens is 308 g/mol. The van der Waals surface area contributed by atoms with E-state index in [1.54, 1.807) is 23.7 Å². The van der Waals surface area contributed by atoms with E-state index >= 15 is 0 Å². The number of hydroxylamine groups is 1. The zero-order valence-electron chi connectivity index (χ0n) is 14.0. The topological polar surface area (TPSA) is 78.9 Å². The summed E-state index contributed by atoms with van der Waals surface area (Å²) in [5, 5.41) is 8.74. The van der Waals surface area contributed by atoms with Crippen molar-refractivity contribution in [2.75, 3.05) is 13.2 Å². The molecule has 0 unspecified atom stereocenters. The van der Waals surface area contributed by atoms with Gasteiger partial charge in [0.15, 0.2) is 0 Å². The van der Waals surface area contributed by atoms with Crippen molar-refractivity contribution >= 4 is 11.8 Å². The second-order valence-electron chi connectivity index (χ2n) is 6.96. The van der Waals surface area contributed by atoms with Gasteiger partial charge in [-0.25, -0.2) is 5.48 Å². The normalized spacial score (nSPS) is 19.7. The van der Waals surface area contributed by atoms with Crippen LogP contribution in [-0.2, 0) is 11.3 Å². The van der Waals surface area contributed by atoms with Crippen LogP contribution in [0.3, 0.4) is 0 Å². The lowest BCUT2D eigenvalue weighted by Crippen LogP contribution is -2.44. The van der Waals surface area contributed by atoms with E-state index in [0.717, 1.165) is 31.2 Å². The number of ether oxygens (including phenoxy) is 1. The molecule has 0 spiro atoms. The Kier molecular flexibility index (Phi) is 4.76. The Morgan fingerprint density at radius 3 is 2.71 bits per heavy atom. The molecule has 1 aliphatic heterocycles. The van der Waals surface area contributed by atoms with Crippen molar-refractivity contribution in [3.8, 4) is 5.75 Å². The lowest BCUT2D eigenvalue weighted by Gasteiger charge is -2.36. The number of nitrogens with zero attached hydrogens (tertiary/aromatic N) is 1. The van der Waals surface area contributed by atoms with Crippen molar-refractivity contribution in [2.45, 2.75) is 45.6 Å². The van der Waals surface area contributed by atoms with Crippen LogP contribution in [0.4, 0.5) is 0 Å². The maximum absolute atomic E-state index is 13.0. The first-order valence-corrected chi connectivity index (χ1v) is 8.53. The van der Waals surface area contributed by atoms with Crippen LogP contribution in [0.15, 0.2) is 18.2 Å². The van der Waals surface area contributed by atoms with E-state index in [1.165, 1.54) is 6.42 Å². The summed E-state index contributed by atoms with van der Waals surface area (Å²) in [6.07, 6.45) is 5.34. The number of carbonyl (C=O) groups is 2. The van der Waals surface area contributed by atoms with Crippen LogP contribution in [0.2, 0.25) is 0 Å². The maximum atomic E-state index is 13.0. The molecule has 1 heterocycles. The molecule has 2 aliphatic rings. The molecule has 2 amide bonds. The minimum absolute atomic E-state index is 0.204. The highest BCUT2D eigenvalue weighted by Crippen LogP contribution is 2.38. The number of nitrogens with one attached hydrogen (secondary N) is 1. The summed E-state index contributed by atoms with van der Waals surface area (Å²) in [6.45, 7) is 3.52. The van der Waals surface area contributed by atoms with Crippen LogP contribution in [0.25, 0.3) is 0 Å². The second-order valence-corrected chi connectivity index (χ2v) is 6.96. The SMILES string of the molecule is CC1(C(=O)N2CCOc3cc(C(=O)NO)ccc3C2)CCCCC1. The third kappa shape index (κ3) is 3.24. The van der Waals surface area contributed by atoms with Crippen molar-refractivity contribution in [3.63, 3.8) is 0 Å². The molecule has 0 bridgehead atoms. The van der Waals surface area contributed by atoms with Gasteiger partial charge in [-0.15, -0.1) is 0 Å². The standard InChI is InChI=1S/C18H24N2O4/c1-18(7-3-2-4-8-18)17(22)20-9-10-24-15-11-13(16(21)19-23)5-6-14(15)12-20/h5-6,11,23H,2-4,7-10,12H2,1H3,(H,19,21). The molecule has 2 N–H and O–H groups in total. The zero-order valence-corrected chi connectivity index (χ0v) is 14.0. The van der Waals surface area contributed by atoms with Crippen molar-refractivity contribution in [3.05, 3.63) is 29.3 Å². The number of hydrogen-bond acceptors (Lipinski definition) is 4. The molecule has 1 aromatic carbocycles. The highest BCUT2D eigenvalue weighted by atomic mass is 16.5. The highest BCUT2D eigenvalue weighted by Gasteiger charge is 2.38. The molecule has 1 fully saturated rings. The van der Waals surface area contributed by atoms with E-state index in [-0.39, 0.29) is 11.3 Å². The summed E-state index contributed by atoms with van der Waals surface area (Å²) in [5.41, 5.74) is 2.57. The lowest BCUT2D eigenvalue weighted by molar-refractivity contribution is -0.143. The van der Waals surface area contributed by atoms with E-state index in [4.69, 9.17) is 9.94 Å². The van der Waals surface area contributed by atoms with Gasteiger partial charge in [-0.2, -0.15) is 0 Å². The predicted octanol–water partition coefficient (Wildman–Crippen LogP) is 2.50. The van der Waals surface area contributed by atoms with Gasteiger partial charge in [0.05, 0.1) is 6.54 Å². The van der Waals surface area contributed by atoms with Gasteiger partial charge in [-0.3, -0.25) is 14.8 Å². The van der Waals surface area contributed by atoms with Crippen LogP contribution in [-0.4, -0.2) is 35.1 Å². The Hall–Kier alpha value is -2.08. The lowest BCUT2D eigenvalue weighted by atomic mass is 9.74. The van der Waals surface area contributed by atoms with Gasteiger partial charge >= 0.3 is 0 Å². The fourth-order valence-corrected chi connectivity index (χ4v) is 3.68. The average Bonchev–Trinajstić information content (AvgIpc) is 2.82.